The fourth-order valence-electron chi connectivity index (χ4n) is 2.54. The number of aromatic nitrogens is 1. The van der Waals surface area contributed by atoms with Gasteiger partial charge in [0, 0.05) is 35.9 Å². The number of fused-ring (bicyclic) bond motifs is 1. The number of carbonyl (C=O) groups is 1. The molecule has 0 saturated carbocycles. The van der Waals surface area contributed by atoms with Crippen molar-refractivity contribution in [1.82, 2.24) is 4.57 Å². The Morgan fingerprint density at radius 1 is 1.47 bits per heavy atom. The van der Waals surface area contributed by atoms with Crippen LogP contribution in [0.15, 0.2) is 30.5 Å². The number of amides is 1. The molecule has 1 unspecified atom stereocenters. The number of aryl methyl sites for hydroxylation is 1. The van der Waals surface area contributed by atoms with Crippen molar-refractivity contribution < 1.29 is 9.53 Å². The molecule has 1 aliphatic rings. The molecule has 4 heteroatoms. The second-order valence-corrected chi connectivity index (χ2v) is 4.93. The SMILES string of the molecule is CCn1ccc2cc(NC(=O)C3CCOC3)ccc21. The molecule has 3 rings (SSSR count). The number of anilines is 1. The van der Waals surface area contributed by atoms with Crippen molar-refractivity contribution in [3.8, 4) is 0 Å². The van der Waals surface area contributed by atoms with Crippen molar-refractivity contribution in [3.05, 3.63) is 30.5 Å². The van der Waals surface area contributed by atoms with Gasteiger partial charge in [0.2, 0.25) is 5.91 Å². The minimum atomic E-state index is -0.00376. The van der Waals surface area contributed by atoms with Crippen LogP contribution in [-0.4, -0.2) is 23.7 Å². The zero-order valence-corrected chi connectivity index (χ0v) is 11.1. The van der Waals surface area contributed by atoms with Crippen molar-refractivity contribution in [1.29, 1.82) is 0 Å². The molecule has 0 radical (unpaired) electrons. The average molecular weight is 258 g/mol. The lowest BCUT2D eigenvalue weighted by molar-refractivity contribution is -0.119. The normalized spacial score (nSPS) is 18.9. The number of hydrogen-bond donors (Lipinski definition) is 1. The molecule has 0 spiro atoms. The highest BCUT2D eigenvalue weighted by Crippen LogP contribution is 2.22. The highest BCUT2D eigenvalue weighted by Gasteiger charge is 2.23. The third-order valence-electron chi connectivity index (χ3n) is 3.68. The lowest BCUT2D eigenvalue weighted by Gasteiger charge is -2.09. The van der Waals surface area contributed by atoms with E-state index in [4.69, 9.17) is 4.74 Å². The van der Waals surface area contributed by atoms with Crippen LogP contribution in [0.4, 0.5) is 5.69 Å². The van der Waals surface area contributed by atoms with Crippen LogP contribution in [-0.2, 0) is 16.1 Å². The molecule has 1 aromatic carbocycles. The fraction of sp³-hybridized carbons (Fsp3) is 0.400. The van der Waals surface area contributed by atoms with Gasteiger partial charge in [-0.15, -0.1) is 0 Å². The van der Waals surface area contributed by atoms with Crippen LogP contribution in [0.25, 0.3) is 10.9 Å². The minimum absolute atomic E-state index is 0.00376. The Hall–Kier alpha value is -1.81. The van der Waals surface area contributed by atoms with Crippen molar-refractivity contribution in [2.45, 2.75) is 19.9 Å². The smallest absolute Gasteiger partial charge is 0.229 e. The molecule has 1 aromatic heterocycles. The maximum atomic E-state index is 12.0. The molecule has 19 heavy (non-hydrogen) atoms. The van der Waals surface area contributed by atoms with Gasteiger partial charge in [-0.2, -0.15) is 0 Å². The number of hydrogen-bond acceptors (Lipinski definition) is 2. The Kier molecular flexibility index (Phi) is 3.25. The topological polar surface area (TPSA) is 43.3 Å². The molecule has 1 fully saturated rings. The average Bonchev–Trinajstić information content (AvgIpc) is 3.07. The van der Waals surface area contributed by atoms with Gasteiger partial charge in [0.25, 0.3) is 0 Å². The van der Waals surface area contributed by atoms with Crippen LogP contribution in [0.3, 0.4) is 0 Å². The number of carbonyl (C=O) groups excluding carboxylic acids is 1. The Morgan fingerprint density at radius 3 is 3.11 bits per heavy atom. The van der Waals surface area contributed by atoms with E-state index in [9.17, 15) is 4.79 Å². The Labute approximate surface area is 112 Å². The molecule has 2 aromatic rings. The summed E-state index contributed by atoms with van der Waals surface area (Å²) in [6.45, 7) is 4.31. The van der Waals surface area contributed by atoms with Crippen LogP contribution in [0.5, 0.6) is 0 Å². The van der Waals surface area contributed by atoms with Gasteiger partial charge in [0.1, 0.15) is 0 Å². The summed E-state index contributed by atoms with van der Waals surface area (Å²) in [6, 6.07) is 8.12. The van der Waals surface area contributed by atoms with E-state index in [2.05, 4.69) is 35.1 Å². The molecular formula is C15H18N2O2. The Morgan fingerprint density at radius 2 is 2.37 bits per heavy atom. The van der Waals surface area contributed by atoms with Crippen LogP contribution < -0.4 is 5.32 Å². The van der Waals surface area contributed by atoms with Crippen LogP contribution in [0.1, 0.15) is 13.3 Å². The number of ether oxygens (including phenoxy) is 1. The first-order valence-corrected chi connectivity index (χ1v) is 6.75. The standard InChI is InChI=1S/C15H18N2O2/c1-2-17-7-5-11-9-13(3-4-14(11)17)16-15(18)12-6-8-19-10-12/h3-5,7,9,12H,2,6,8,10H2,1H3,(H,16,18). The molecular weight excluding hydrogens is 240 g/mol. The second-order valence-electron chi connectivity index (χ2n) is 4.93. The van der Waals surface area contributed by atoms with Crippen LogP contribution in [0.2, 0.25) is 0 Å². The predicted molar refractivity (Wildman–Crippen MR) is 75.2 cm³/mol. The zero-order chi connectivity index (χ0) is 13.2. The van der Waals surface area contributed by atoms with Gasteiger partial charge in [-0.25, -0.2) is 0 Å². The summed E-state index contributed by atoms with van der Waals surface area (Å²) in [5, 5.41) is 4.13. The number of nitrogens with one attached hydrogen (secondary N) is 1. The quantitative estimate of drug-likeness (QED) is 0.919. The van der Waals surface area contributed by atoms with E-state index >= 15 is 0 Å². The summed E-state index contributed by atoms with van der Waals surface area (Å²) in [5.74, 6) is 0.0581. The molecule has 1 atom stereocenters. The third-order valence-corrected chi connectivity index (χ3v) is 3.68. The highest BCUT2D eigenvalue weighted by molar-refractivity contribution is 5.95. The minimum Gasteiger partial charge on any atom is -0.381 e. The van der Waals surface area contributed by atoms with E-state index in [1.807, 2.05) is 12.1 Å². The lowest BCUT2D eigenvalue weighted by atomic mass is 10.1. The van der Waals surface area contributed by atoms with E-state index in [1.165, 1.54) is 5.52 Å². The molecule has 1 aliphatic heterocycles. The first-order chi connectivity index (χ1) is 9.28. The molecule has 2 heterocycles. The molecule has 1 amide bonds. The molecule has 1 N–H and O–H groups in total. The number of rotatable bonds is 3. The van der Waals surface area contributed by atoms with Crippen molar-refractivity contribution >= 4 is 22.5 Å². The van der Waals surface area contributed by atoms with E-state index in [1.54, 1.807) is 0 Å². The largest absolute Gasteiger partial charge is 0.381 e. The van der Waals surface area contributed by atoms with Gasteiger partial charge in [-0.05, 0) is 37.6 Å². The molecule has 1 saturated heterocycles. The fourth-order valence-corrected chi connectivity index (χ4v) is 2.54. The zero-order valence-electron chi connectivity index (χ0n) is 11.1. The summed E-state index contributed by atoms with van der Waals surface area (Å²) < 4.78 is 7.43. The number of nitrogens with zero attached hydrogens (tertiary/aromatic N) is 1. The molecule has 4 nitrogen and oxygen atoms in total. The van der Waals surface area contributed by atoms with Gasteiger partial charge in [0.15, 0.2) is 0 Å². The van der Waals surface area contributed by atoms with Gasteiger partial charge in [-0.3, -0.25) is 4.79 Å². The summed E-state index contributed by atoms with van der Waals surface area (Å²) in [4.78, 5) is 12.0. The summed E-state index contributed by atoms with van der Waals surface area (Å²) in [5.41, 5.74) is 2.06. The lowest BCUT2D eigenvalue weighted by Crippen LogP contribution is -2.22. The van der Waals surface area contributed by atoms with Gasteiger partial charge in [-0.1, -0.05) is 0 Å². The monoisotopic (exact) mass is 258 g/mol. The van der Waals surface area contributed by atoms with Gasteiger partial charge in [0.05, 0.1) is 12.5 Å². The number of benzene rings is 1. The van der Waals surface area contributed by atoms with Crippen molar-refractivity contribution in [2.75, 3.05) is 18.5 Å². The Bertz CT molecular complexity index is 597. The molecule has 0 bridgehead atoms. The molecule has 0 aliphatic carbocycles. The van der Waals surface area contributed by atoms with Crippen molar-refractivity contribution in [2.24, 2.45) is 5.92 Å². The summed E-state index contributed by atoms with van der Waals surface area (Å²) in [6.07, 6.45) is 2.89. The van der Waals surface area contributed by atoms with E-state index in [-0.39, 0.29) is 11.8 Å². The maximum absolute atomic E-state index is 12.0. The predicted octanol–water partition coefficient (Wildman–Crippen LogP) is 2.64. The first kappa shape index (κ1) is 12.2. The summed E-state index contributed by atoms with van der Waals surface area (Å²) >= 11 is 0. The van der Waals surface area contributed by atoms with Crippen LogP contribution in [0, 0.1) is 5.92 Å². The van der Waals surface area contributed by atoms with Crippen molar-refractivity contribution in [3.63, 3.8) is 0 Å². The van der Waals surface area contributed by atoms with E-state index < -0.39 is 0 Å². The Balaban J connectivity index is 1.79. The van der Waals surface area contributed by atoms with Gasteiger partial charge < -0.3 is 14.6 Å². The second kappa shape index (κ2) is 5.05. The van der Waals surface area contributed by atoms with Crippen LogP contribution >= 0.6 is 0 Å². The van der Waals surface area contributed by atoms with E-state index in [0.29, 0.717) is 13.2 Å². The van der Waals surface area contributed by atoms with E-state index in [0.717, 1.165) is 24.0 Å². The maximum Gasteiger partial charge on any atom is 0.229 e. The van der Waals surface area contributed by atoms with Gasteiger partial charge >= 0.3 is 0 Å². The molecule has 100 valence electrons. The first-order valence-electron chi connectivity index (χ1n) is 6.75. The summed E-state index contributed by atoms with van der Waals surface area (Å²) in [7, 11) is 0. The third kappa shape index (κ3) is 2.36. The highest BCUT2D eigenvalue weighted by atomic mass is 16.5.